The molecule has 0 spiro atoms. The van der Waals surface area contributed by atoms with E-state index in [2.05, 4.69) is 81.5 Å². The topological polar surface area (TPSA) is 78.9 Å². The fourth-order valence-electron chi connectivity index (χ4n) is 9.65. The summed E-state index contributed by atoms with van der Waals surface area (Å²) in [6.07, 6.45) is 80.9. The normalized spacial score (nSPS) is 12.4. The van der Waals surface area contributed by atoms with Gasteiger partial charge in [-0.2, -0.15) is 0 Å². The molecule has 0 radical (unpaired) electrons. The van der Waals surface area contributed by atoms with E-state index < -0.39 is 6.10 Å². The highest BCUT2D eigenvalue weighted by atomic mass is 16.6. The maximum absolute atomic E-state index is 12.9. The molecule has 0 N–H and O–H groups in total. The first-order chi connectivity index (χ1) is 37.0. The Hall–Kier alpha value is -2.89. The van der Waals surface area contributed by atoms with Crippen LogP contribution < -0.4 is 0 Å². The average molecular weight is 1050 g/mol. The Balaban J connectivity index is 4.38. The standard InChI is InChI=1S/C69H124O6/c1-4-7-10-13-16-19-22-25-28-31-34-37-40-43-46-49-52-55-58-61-67(70)73-64-66(75-69(72)63-60-57-54-51-48-45-42-39-36-33-30-27-24-21-18-15-12-9-6-3)65-74-68(71)62-59-56-53-50-47-44-41-38-35-32-29-26-23-20-17-14-11-8-5-2/h7,10,16,19,25,28,34,37,43,46,66H,4-6,8-9,11-15,17-18,20-24,26-27,29-33,35-36,38-42,44-45,47-65H2,1-3H3/b10-7-,19-16-,28-25-,37-34-,46-43-/t66-/m1/s1. The first-order valence-electron chi connectivity index (χ1n) is 32.8. The van der Waals surface area contributed by atoms with E-state index in [0.717, 1.165) is 96.3 Å². The van der Waals surface area contributed by atoms with Gasteiger partial charge in [-0.3, -0.25) is 14.4 Å². The lowest BCUT2D eigenvalue weighted by atomic mass is 10.0. The van der Waals surface area contributed by atoms with Gasteiger partial charge in [0.15, 0.2) is 6.10 Å². The molecule has 0 aromatic carbocycles. The van der Waals surface area contributed by atoms with E-state index in [1.807, 2.05) is 0 Å². The Morgan fingerprint density at radius 2 is 0.520 bits per heavy atom. The van der Waals surface area contributed by atoms with Crippen LogP contribution in [0.3, 0.4) is 0 Å². The lowest BCUT2D eigenvalue weighted by Gasteiger charge is -2.18. The number of carbonyl (C=O) groups excluding carboxylic acids is 3. The van der Waals surface area contributed by atoms with Gasteiger partial charge in [-0.05, 0) is 64.2 Å². The zero-order chi connectivity index (χ0) is 54.3. The zero-order valence-electron chi connectivity index (χ0n) is 50.1. The first-order valence-corrected chi connectivity index (χ1v) is 32.8. The SMILES string of the molecule is CC/C=C\C/C=C\C/C=C\C/C=C\C/C=C\CCCCCC(=O)OC[C@H](COC(=O)CCCCCCCCCCCCCCCCCCCCC)OC(=O)CCCCCCCCCCCCCCCCCCCCC. The van der Waals surface area contributed by atoms with Gasteiger partial charge in [-0.1, -0.05) is 319 Å². The van der Waals surface area contributed by atoms with Crippen molar-refractivity contribution < 1.29 is 28.6 Å². The Morgan fingerprint density at radius 3 is 0.813 bits per heavy atom. The molecular formula is C69H124O6. The van der Waals surface area contributed by atoms with E-state index in [1.54, 1.807) is 0 Å². The second-order valence-electron chi connectivity index (χ2n) is 22.0. The molecular weight excluding hydrogens is 925 g/mol. The summed E-state index contributed by atoms with van der Waals surface area (Å²) in [5, 5.41) is 0. The van der Waals surface area contributed by atoms with Crippen LogP contribution in [0.2, 0.25) is 0 Å². The third-order valence-corrected chi connectivity index (χ3v) is 14.5. The molecule has 0 heterocycles. The molecule has 0 unspecified atom stereocenters. The van der Waals surface area contributed by atoms with E-state index in [9.17, 15) is 14.4 Å². The lowest BCUT2D eigenvalue weighted by molar-refractivity contribution is -0.167. The molecule has 0 aliphatic rings. The van der Waals surface area contributed by atoms with E-state index in [1.165, 1.54) is 205 Å². The minimum atomic E-state index is -0.786. The maximum atomic E-state index is 12.9. The molecule has 0 amide bonds. The van der Waals surface area contributed by atoms with E-state index in [-0.39, 0.29) is 31.1 Å². The lowest BCUT2D eigenvalue weighted by Crippen LogP contribution is -2.30. The summed E-state index contributed by atoms with van der Waals surface area (Å²) in [6, 6.07) is 0. The van der Waals surface area contributed by atoms with Crippen LogP contribution >= 0.6 is 0 Å². The predicted octanol–water partition coefficient (Wildman–Crippen LogP) is 22.3. The molecule has 0 aromatic rings. The largest absolute Gasteiger partial charge is 0.462 e. The molecule has 0 aliphatic heterocycles. The highest BCUT2D eigenvalue weighted by Gasteiger charge is 2.19. The summed E-state index contributed by atoms with van der Waals surface area (Å²) < 4.78 is 16.9. The minimum Gasteiger partial charge on any atom is -0.462 e. The molecule has 0 saturated heterocycles. The van der Waals surface area contributed by atoms with Crippen molar-refractivity contribution in [3.8, 4) is 0 Å². The van der Waals surface area contributed by atoms with Crippen molar-refractivity contribution in [3.05, 3.63) is 60.8 Å². The summed E-state index contributed by atoms with van der Waals surface area (Å²) in [7, 11) is 0. The first kappa shape index (κ1) is 72.1. The Morgan fingerprint density at radius 1 is 0.280 bits per heavy atom. The molecule has 6 heteroatoms. The molecule has 6 nitrogen and oxygen atoms in total. The molecule has 0 bridgehead atoms. The van der Waals surface area contributed by atoms with Crippen molar-refractivity contribution in [1.29, 1.82) is 0 Å². The summed E-state index contributed by atoms with van der Waals surface area (Å²) >= 11 is 0. The van der Waals surface area contributed by atoms with E-state index in [4.69, 9.17) is 14.2 Å². The van der Waals surface area contributed by atoms with Crippen molar-refractivity contribution in [2.24, 2.45) is 0 Å². The molecule has 0 aliphatic carbocycles. The Kier molecular flexibility index (Phi) is 61.2. The second-order valence-corrected chi connectivity index (χ2v) is 22.0. The molecule has 0 fully saturated rings. The molecule has 0 saturated carbocycles. The highest BCUT2D eigenvalue weighted by Crippen LogP contribution is 2.18. The van der Waals surface area contributed by atoms with E-state index >= 15 is 0 Å². The number of rotatable bonds is 60. The third kappa shape index (κ3) is 61.8. The fraction of sp³-hybridized carbons (Fsp3) is 0.812. The fourth-order valence-corrected chi connectivity index (χ4v) is 9.65. The zero-order valence-corrected chi connectivity index (χ0v) is 50.1. The third-order valence-electron chi connectivity index (χ3n) is 14.5. The van der Waals surface area contributed by atoms with E-state index in [0.29, 0.717) is 19.3 Å². The maximum Gasteiger partial charge on any atom is 0.306 e. The van der Waals surface area contributed by atoms with Gasteiger partial charge in [-0.15, -0.1) is 0 Å². The number of ether oxygens (including phenoxy) is 3. The molecule has 1 atom stereocenters. The van der Waals surface area contributed by atoms with Crippen molar-refractivity contribution in [2.75, 3.05) is 13.2 Å². The Labute approximate surface area is 466 Å². The van der Waals surface area contributed by atoms with Crippen molar-refractivity contribution in [3.63, 3.8) is 0 Å². The van der Waals surface area contributed by atoms with Crippen LogP contribution in [0, 0.1) is 0 Å². The van der Waals surface area contributed by atoms with Crippen LogP contribution in [0.1, 0.15) is 342 Å². The van der Waals surface area contributed by atoms with Crippen molar-refractivity contribution in [1.82, 2.24) is 0 Å². The minimum absolute atomic E-state index is 0.0799. The number of allylic oxidation sites excluding steroid dienone is 10. The molecule has 436 valence electrons. The molecule has 75 heavy (non-hydrogen) atoms. The molecule has 0 rings (SSSR count). The predicted molar refractivity (Wildman–Crippen MR) is 325 cm³/mol. The van der Waals surface area contributed by atoms with Gasteiger partial charge in [-0.25, -0.2) is 0 Å². The van der Waals surface area contributed by atoms with Gasteiger partial charge in [0.1, 0.15) is 13.2 Å². The summed E-state index contributed by atoms with van der Waals surface area (Å²) in [5.41, 5.74) is 0. The molecule has 0 aromatic heterocycles. The van der Waals surface area contributed by atoms with Gasteiger partial charge in [0.25, 0.3) is 0 Å². The van der Waals surface area contributed by atoms with Crippen LogP contribution in [0.4, 0.5) is 0 Å². The number of carbonyl (C=O) groups is 3. The number of hydrogen-bond donors (Lipinski definition) is 0. The van der Waals surface area contributed by atoms with Gasteiger partial charge in [0.05, 0.1) is 0 Å². The van der Waals surface area contributed by atoms with Crippen LogP contribution in [0.25, 0.3) is 0 Å². The number of unbranched alkanes of at least 4 members (excludes halogenated alkanes) is 39. The van der Waals surface area contributed by atoms with Crippen LogP contribution in [0.5, 0.6) is 0 Å². The van der Waals surface area contributed by atoms with Crippen molar-refractivity contribution >= 4 is 17.9 Å². The Bertz CT molecular complexity index is 1340. The number of esters is 3. The quantitative estimate of drug-likeness (QED) is 0.0261. The highest BCUT2D eigenvalue weighted by molar-refractivity contribution is 5.71. The number of hydrogen-bond acceptors (Lipinski definition) is 6. The smallest absolute Gasteiger partial charge is 0.306 e. The average Bonchev–Trinajstić information content (AvgIpc) is 3.41. The second kappa shape index (κ2) is 63.6. The van der Waals surface area contributed by atoms with Gasteiger partial charge in [0.2, 0.25) is 0 Å². The monoisotopic (exact) mass is 1050 g/mol. The van der Waals surface area contributed by atoms with Crippen LogP contribution in [0.15, 0.2) is 60.8 Å². The van der Waals surface area contributed by atoms with Crippen LogP contribution in [-0.2, 0) is 28.6 Å². The van der Waals surface area contributed by atoms with Gasteiger partial charge < -0.3 is 14.2 Å². The van der Waals surface area contributed by atoms with Gasteiger partial charge >= 0.3 is 17.9 Å². The summed E-state index contributed by atoms with van der Waals surface area (Å²) in [4.78, 5) is 38.4. The summed E-state index contributed by atoms with van der Waals surface area (Å²) in [6.45, 7) is 6.56. The van der Waals surface area contributed by atoms with Crippen molar-refractivity contribution in [2.45, 2.75) is 348 Å². The van der Waals surface area contributed by atoms with Gasteiger partial charge in [0, 0.05) is 19.3 Å². The summed E-state index contributed by atoms with van der Waals surface area (Å²) in [5.74, 6) is -0.890. The van der Waals surface area contributed by atoms with Crippen LogP contribution in [-0.4, -0.2) is 37.2 Å².